The van der Waals surface area contributed by atoms with Gasteiger partial charge in [0, 0.05) is 25.7 Å². The Morgan fingerprint density at radius 2 is 1.89 bits per heavy atom. The summed E-state index contributed by atoms with van der Waals surface area (Å²) in [5.41, 5.74) is -0.756. The first kappa shape index (κ1) is 15.2. The van der Waals surface area contributed by atoms with Crippen LogP contribution in [0.3, 0.4) is 0 Å². The monoisotopic (exact) mass is 284 g/mol. The highest BCUT2D eigenvalue weighted by molar-refractivity contribution is 5.85. The summed E-state index contributed by atoms with van der Waals surface area (Å²) < 4.78 is 50.6. The largest absolute Gasteiger partial charge is 0.419 e. The third-order valence-corrected chi connectivity index (χ3v) is 2.74. The quantitative estimate of drug-likeness (QED) is 0.774. The lowest BCUT2D eigenvalue weighted by atomic mass is 10.0. The molecule has 0 bridgehead atoms. The fourth-order valence-corrected chi connectivity index (χ4v) is 1.87. The van der Waals surface area contributed by atoms with E-state index in [-0.39, 0.29) is 18.4 Å². The molecule has 0 unspecified atom stereocenters. The van der Waals surface area contributed by atoms with Crippen LogP contribution >= 0.6 is 12.4 Å². The van der Waals surface area contributed by atoms with Crippen molar-refractivity contribution in [3.8, 4) is 0 Å². The molecule has 0 amide bonds. The van der Waals surface area contributed by atoms with Gasteiger partial charge in [0.15, 0.2) is 0 Å². The second kappa shape index (κ2) is 5.86. The maximum absolute atomic E-state index is 13.1. The van der Waals surface area contributed by atoms with Crippen molar-refractivity contribution in [3.05, 3.63) is 35.1 Å². The maximum Gasteiger partial charge on any atom is 0.419 e. The van der Waals surface area contributed by atoms with E-state index >= 15 is 0 Å². The molecule has 1 saturated heterocycles. The molecule has 0 aliphatic carbocycles. The van der Waals surface area contributed by atoms with E-state index in [9.17, 15) is 17.6 Å². The number of rotatable bonds is 1. The van der Waals surface area contributed by atoms with Gasteiger partial charge in [-0.3, -0.25) is 0 Å². The molecular weight excluding hydrogens is 272 g/mol. The van der Waals surface area contributed by atoms with Crippen LogP contribution in [0.1, 0.15) is 17.2 Å². The number of alkyl halides is 3. The van der Waals surface area contributed by atoms with E-state index in [0.29, 0.717) is 18.7 Å². The van der Waals surface area contributed by atoms with Gasteiger partial charge in [0.05, 0.1) is 5.56 Å². The predicted octanol–water partition coefficient (Wildman–Crippen LogP) is 2.50. The molecule has 1 heterocycles. The molecule has 2 N–H and O–H groups in total. The zero-order chi connectivity index (χ0) is 12.5. The van der Waals surface area contributed by atoms with Crippen LogP contribution in [0.5, 0.6) is 0 Å². The lowest BCUT2D eigenvalue weighted by Crippen LogP contribution is -2.42. The summed E-state index contributed by atoms with van der Waals surface area (Å²) >= 11 is 0. The van der Waals surface area contributed by atoms with Crippen LogP contribution in [0, 0.1) is 5.82 Å². The van der Waals surface area contributed by atoms with E-state index in [1.54, 1.807) is 0 Å². The summed E-state index contributed by atoms with van der Waals surface area (Å²) in [6.07, 6.45) is -4.65. The van der Waals surface area contributed by atoms with Gasteiger partial charge in [-0.15, -0.1) is 12.4 Å². The summed E-state index contributed by atoms with van der Waals surface area (Å²) in [5, 5.41) is 6.15. The average Bonchev–Trinajstić information content (AvgIpc) is 2.29. The van der Waals surface area contributed by atoms with E-state index in [4.69, 9.17) is 0 Å². The number of halogens is 5. The number of benzene rings is 1. The molecule has 1 aromatic carbocycles. The van der Waals surface area contributed by atoms with Crippen molar-refractivity contribution >= 4 is 12.4 Å². The van der Waals surface area contributed by atoms with Crippen molar-refractivity contribution in [1.29, 1.82) is 0 Å². The molecule has 0 spiro atoms. The van der Waals surface area contributed by atoms with Gasteiger partial charge in [0.25, 0.3) is 0 Å². The highest BCUT2D eigenvalue weighted by Crippen LogP contribution is 2.33. The Kier molecular flexibility index (Phi) is 4.95. The Bertz CT molecular complexity index is 403. The van der Waals surface area contributed by atoms with Crippen molar-refractivity contribution in [3.63, 3.8) is 0 Å². The second-order valence-corrected chi connectivity index (χ2v) is 3.95. The average molecular weight is 285 g/mol. The molecule has 102 valence electrons. The van der Waals surface area contributed by atoms with Crippen LogP contribution in [0.25, 0.3) is 0 Å². The first-order valence-corrected chi connectivity index (χ1v) is 5.29. The number of hydrogen-bond acceptors (Lipinski definition) is 2. The molecule has 0 aromatic heterocycles. The molecule has 0 saturated carbocycles. The Labute approximate surface area is 108 Å². The molecule has 1 atom stereocenters. The Hall–Kier alpha value is -0.850. The molecule has 7 heteroatoms. The summed E-state index contributed by atoms with van der Waals surface area (Å²) in [5.74, 6) is -1.23. The predicted molar refractivity (Wildman–Crippen MR) is 62.3 cm³/mol. The SMILES string of the molecule is Cl.Fc1ccc([C@@H]2CNCCN2)cc1C(F)(F)F. The lowest BCUT2D eigenvalue weighted by molar-refractivity contribution is -0.140. The minimum absolute atomic E-state index is 0. The lowest BCUT2D eigenvalue weighted by Gasteiger charge is -2.25. The summed E-state index contributed by atoms with van der Waals surface area (Å²) in [6.45, 7) is 2.01. The van der Waals surface area contributed by atoms with Gasteiger partial charge in [0.1, 0.15) is 5.82 Å². The van der Waals surface area contributed by atoms with Crippen LogP contribution in [-0.4, -0.2) is 19.6 Å². The van der Waals surface area contributed by atoms with Crippen LogP contribution < -0.4 is 10.6 Å². The molecule has 18 heavy (non-hydrogen) atoms. The van der Waals surface area contributed by atoms with Crippen molar-refractivity contribution in [2.75, 3.05) is 19.6 Å². The van der Waals surface area contributed by atoms with Gasteiger partial charge in [0.2, 0.25) is 0 Å². The Balaban J connectivity index is 0.00000162. The maximum atomic E-state index is 13.1. The van der Waals surface area contributed by atoms with Crippen LogP contribution in [0.2, 0.25) is 0 Å². The third-order valence-electron chi connectivity index (χ3n) is 2.74. The minimum Gasteiger partial charge on any atom is -0.314 e. The Morgan fingerprint density at radius 3 is 2.44 bits per heavy atom. The zero-order valence-electron chi connectivity index (χ0n) is 9.35. The summed E-state index contributed by atoms with van der Waals surface area (Å²) in [4.78, 5) is 0. The summed E-state index contributed by atoms with van der Waals surface area (Å²) in [6, 6.07) is 2.93. The number of nitrogens with one attached hydrogen (secondary N) is 2. The van der Waals surface area contributed by atoms with Crippen molar-refractivity contribution in [2.24, 2.45) is 0 Å². The van der Waals surface area contributed by atoms with E-state index < -0.39 is 17.6 Å². The van der Waals surface area contributed by atoms with Gasteiger partial charge in [-0.05, 0) is 17.7 Å². The molecular formula is C11H13ClF4N2. The van der Waals surface area contributed by atoms with Gasteiger partial charge < -0.3 is 10.6 Å². The standard InChI is InChI=1S/C11H12F4N2.ClH/c12-9-2-1-7(5-8(9)11(13,14)15)10-6-16-3-4-17-10;/h1-2,5,10,16-17H,3-4,6H2;1H/t10-;/m0./s1. The van der Waals surface area contributed by atoms with E-state index in [0.717, 1.165) is 18.7 Å². The highest BCUT2D eigenvalue weighted by atomic mass is 35.5. The third kappa shape index (κ3) is 3.34. The van der Waals surface area contributed by atoms with E-state index in [1.165, 1.54) is 6.07 Å². The van der Waals surface area contributed by atoms with Crippen LogP contribution in [-0.2, 0) is 6.18 Å². The smallest absolute Gasteiger partial charge is 0.314 e. The molecule has 1 fully saturated rings. The van der Waals surface area contributed by atoms with Gasteiger partial charge in [-0.1, -0.05) is 6.07 Å². The van der Waals surface area contributed by atoms with Crippen LogP contribution in [0.4, 0.5) is 17.6 Å². The fourth-order valence-electron chi connectivity index (χ4n) is 1.87. The molecule has 0 radical (unpaired) electrons. The molecule has 2 nitrogen and oxygen atoms in total. The normalized spacial score (nSPS) is 20.3. The van der Waals surface area contributed by atoms with E-state index in [1.807, 2.05) is 0 Å². The zero-order valence-corrected chi connectivity index (χ0v) is 10.2. The van der Waals surface area contributed by atoms with Crippen molar-refractivity contribution in [1.82, 2.24) is 10.6 Å². The van der Waals surface area contributed by atoms with Gasteiger partial charge in [-0.2, -0.15) is 13.2 Å². The fraction of sp³-hybridized carbons (Fsp3) is 0.455. The Morgan fingerprint density at radius 1 is 1.17 bits per heavy atom. The van der Waals surface area contributed by atoms with Gasteiger partial charge in [-0.25, -0.2) is 4.39 Å². The number of piperazine rings is 1. The summed E-state index contributed by atoms with van der Waals surface area (Å²) in [7, 11) is 0. The molecule has 1 aliphatic heterocycles. The number of hydrogen-bond donors (Lipinski definition) is 2. The topological polar surface area (TPSA) is 24.1 Å². The first-order chi connectivity index (χ1) is 7.98. The second-order valence-electron chi connectivity index (χ2n) is 3.95. The molecule has 1 aromatic rings. The minimum atomic E-state index is -4.65. The van der Waals surface area contributed by atoms with E-state index in [2.05, 4.69) is 10.6 Å². The van der Waals surface area contributed by atoms with Crippen molar-refractivity contribution < 1.29 is 17.6 Å². The molecule has 1 aliphatic rings. The highest BCUT2D eigenvalue weighted by Gasteiger charge is 2.34. The first-order valence-electron chi connectivity index (χ1n) is 5.29. The van der Waals surface area contributed by atoms with Crippen LogP contribution in [0.15, 0.2) is 18.2 Å². The van der Waals surface area contributed by atoms with Crippen molar-refractivity contribution in [2.45, 2.75) is 12.2 Å². The molecule has 2 rings (SSSR count). The van der Waals surface area contributed by atoms with Gasteiger partial charge >= 0.3 is 6.18 Å².